The molecular formula is C18H28N2O. The lowest BCUT2D eigenvalue weighted by atomic mass is 9.74. The lowest BCUT2D eigenvalue weighted by molar-refractivity contribution is 0.0822. The number of aromatic nitrogens is 1. The summed E-state index contributed by atoms with van der Waals surface area (Å²) in [5, 5.41) is 3.40. The van der Waals surface area contributed by atoms with Crippen molar-refractivity contribution in [3.05, 3.63) is 24.0 Å². The number of piperidine rings is 1. The van der Waals surface area contributed by atoms with Crippen molar-refractivity contribution in [1.29, 1.82) is 0 Å². The van der Waals surface area contributed by atoms with E-state index in [-0.39, 0.29) is 5.92 Å². The Morgan fingerprint density at radius 3 is 2.48 bits per heavy atom. The summed E-state index contributed by atoms with van der Waals surface area (Å²) in [6.07, 6.45) is 7.79. The molecule has 3 rings (SSSR count). The zero-order chi connectivity index (χ0) is 14.8. The van der Waals surface area contributed by atoms with E-state index in [1.807, 2.05) is 12.1 Å². The molecule has 3 nitrogen and oxygen atoms in total. The summed E-state index contributed by atoms with van der Waals surface area (Å²) in [5.41, 5.74) is 0.952. The van der Waals surface area contributed by atoms with Crippen molar-refractivity contribution in [2.24, 2.45) is 17.8 Å². The maximum Gasteiger partial charge on any atom is 0.182 e. The fourth-order valence-corrected chi connectivity index (χ4v) is 4.38. The van der Waals surface area contributed by atoms with Gasteiger partial charge in [-0.3, -0.25) is 4.79 Å². The van der Waals surface area contributed by atoms with Crippen molar-refractivity contribution >= 4 is 5.78 Å². The van der Waals surface area contributed by atoms with E-state index < -0.39 is 0 Å². The van der Waals surface area contributed by atoms with Crippen LogP contribution in [0.5, 0.6) is 0 Å². The summed E-state index contributed by atoms with van der Waals surface area (Å²) in [5.74, 6) is 1.99. The van der Waals surface area contributed by atoms with Crippen LogP contribution in [-0.2, 0) is 0 Å². The molecule has 2 fully saturated rings. The van der Waals surface area contributed by atoms with Crippen molar-refractivity contribution in [3.63, 3.8) is 0 Å². The summed E-state index contributed by atoms with van der Waals surface area (Å²) in [4.78, 5) is 13.0. The molecule has 1 aromatic heterocycles. The van der Waals surface area contributed by atoms with E-state index in [0.717, 1.165) is 44.5 Å². The monoisotopic (exact) mass is 288 g/mol. The predicted molar refractivity (Wildman–Crippen MR) is 85.6 cm³/mol. The van der Waals surface area contributed by atoms with Gasteiger partial charge in [0.15, 0.2) is 5.78 Å². The van der Waals surface area contributed by atoms with Gasteiger partial charge in [-0.05, 0) is 69.2 Å². The molecule has 2 atom stereocenters. The normalized spacial score (nSPS) is 31.2. The van der Waals surface area contributed by atoms with Crippen molar-refractivity contribution in [2.45, 2.75) is 52.0 Å². The lowest BCUT2D eigenvalue weighted by Gasteiger charge is -2.32. The van der Waals surface area contributed by atoms with Crippen LogP contribution in [0.25, 0.3) is 0 Å². The molecule has 1 aliphatic heterocycles. The molecule has 2 unspecified atom stereocenters. The second-order valence-corrected chi connectivity index (χ2v) is 7.26. The SMILES string of the molecule is CC1CC(C)CC(C(=O)c2cccn2C2CCNCC2)C1. The maximum atomic E-state index is 13.0. The molecule has 1 aromatic rings. The van der Waals surface area contributed by atoms with Crippen molar-refractivity contribution in [3.8, 4) is 0 Å². The Morgan fingerprint density at radius 2 is 1.81 bits per heavy atom. The van der Waals surface area contributed by atoms with Crippen LogP contribution in [-0.4, -0.2) is 23.4 Å². The number of carbonyl (C=O) groups is 1. The predicted octanol–water partition coefficient (Wildman–Crippen LogP) is 3.67. The molecule has 0 amide bonds. The summed E-state index contributed by atoms with van der Waals surface area (Å²) in [6, 6.07) is 4.58. The van der Waals surface area contributed by atoms with Crippen molar-refractivity contribution in [2.75, 3.05) is 13.1 Å². The second-order valence-electron chi connectivity index (χ2n) is 7.26. The van der Waals surface area contributed by atoms with Gasteiger partial charge in [0.1, 0.15) is 0 Å². The van der Waals surface area contributed by atoms with Crippen LogP contribution in [0.1, 0.15) is 62.5 Å². The number of nitrogens with one attached hydrogen (secondary N) is 1. The Kier molecular flexibility index (Phi) is 4.48. The number of hydrogen-bond acceptors (Lipinski definition) is 2. The van der Waals surface area contributed by atoms with E-state index in [1.165, 1.54) is 6.42 Å². The zero-order valence-corrected chi connectivity index (χ0v) is 13.3. The number of nitrogens with zero attached hydrogens (tertiary/aromatic N) is 1. The smallest absolute Gasteiger partial charge is 0.182 e. The molecule has 0 spiro atoms. The first-order chi connectivity index (χ1) is 10.1. The average Bonchev–Trinajstić information content (AvgIpc) is 2.95. The van der Waals surface area contributed by atoms with Gasteiger partial charge in [-0.25, -0.2) is 0 Å². The van der Waals surface area contributed by atoms with Gasteiger partial charge in [-0.1, -0.05) is 13.8 Å². The highest BCUT2D eigenvalue weighted by atomic mass is 16.1. The Labute approximate surface area is 128 Å². The second kappa shape index (κ2) is 6.35. The summed E-state index contributed by atoms with van der Waals surface area (Å²) < 4.78 is 2.26. The van der Waals surface area contributed by atoms with E-state index >= 15 is 0 Å². The first-order valence-electron chi connectivity index (χ1n) is 8.57. The molecule has 0 aromatic carbocycles. The zero-order valence-electron chi connectivity index (χ0n) is 13.3. The molecule has 116 valence electrons. The standard InChI is InChI=1S/C18H28N2O/c1-13-10-14(2)12-15(11-13)18(21)17-4-3-9-20(17)16-5-7-19-8-6-16/h3-4,9,13-16,19H,5-8,10-12H2,1-2H3. The van der Waals surface area contributed by atoms with E-state index in [9.17, 15) is 4.79 Å². The summed E-state index contributed by atoms with van der Waals surface area (Å²) in [7, 11) is 0. The Morgan fingerprint density at radius 1 is 1.14 bits per heavy atom. The van der Waals surface area contributed by atoms with Gasteiger partial charge < -0.3 is 9.88 Å². The molecule has 2 aliphatic rings. The minimum atomic E-state index is 0.235. The van der Waals surface area contributed by atoms with Crippen molar-refractivity contribution in [1.82, 2.24) is 9.88 Å². The molecule has 1 N–H and O–H groups in total. The van der Waals surface area contributed by atoms with Gasteiger partial charge in [-0.2, -0.15) is 0 Å². The third-order valence-corrected chi connectivity index (χ3v) is 5.28. The molecule has 3 heteroatoms. The molecule has 1 saturated carbocycles. The van der Waals surface area contributed by atoms with E-state index in [0.29, 0.717) is 23.7 Å². The fraction of sp³-hybridized carbons (Fsp3) is 0.722. The fourth-order valence-electron chi connectivity index (χ4n) is 4.38. The number of carbonyl (C=O) groups excluding carboxylic acids is 1. The number of rotatable bonds is 3. The van der Waals surface area contributed by atoms with Gasteiger partial charge in [0, 0.05) is 18.2 Å². The average molecular weight is 288 g/mol. The molecule has 21 heavy (non-hydrogen) atoms. The quantitative estimate of drug-likeness (QED) is 0.861. The largest absolute Gasteiger partial charge is 0.342 e. The van der Waals surface area contributed by atoms with Crippen LogP contribution in [0.4, 0.5) is 0 Å². The molecule has 0 bridgehead atoms. The molecule has 0 radical (unpaired) electrons. The van der Waals surface area contributed by atoms with Crippen LogP contribution in [0, 0.1) is 17.8 Å². The van der Waals surface area contributed by atoms with E-state index in [2.05, 4.69) is 29.9 Å². The minimum Gasteiger partial charge on any atom is -0.342 e. The van der Waals surface area contributed by atoms with Gasteiger partial charge >= 0.3 is 0 Å². The number of hydrogen-bond donors (Lipinski definition) is 1. The lowest BCUT2D eigenvalue weighted by Crippen LogP contribution is -2.32. The van der Waals surface area contributed by atoms with Gasteiger partial charge in [0.25, 0.3) is 0 Å². The third-order valence-electron chi connectivity index (χ3n) is 5.28. The van der Waals surface area contributed by atoms with Crippen LogP contribution in [0.2, 0.25) is 0 Å². The van der Waals surface area contributed by atoms with Gasteiger partial charge in [0.2, 0.25) is 0 Å². The third kappa shape index (κ3) is 3.23. The molecule has 2 heterocycles. The molecular weight excluding hydrogens is 260 g/mol. The summed E-state index contributed by atoms with van der Waals surface area (Å²) in [6.45, 7) is 6.71. The first kappa shape index (κ1) is 14.8. The highest BCUT2D eigenvalue weighted by Gasteiger charge is 2.31. The van der Waals surface area contributed by atoms with Crippen LogP contribution in [0.15, 0.2) is 18.3 Å². The van der Waals surface area contributed by atoms with Gasteiger partial charge in [-0.15, -0.1) is 0 Å². The van der Waals surface area contributed by atoms with Crippen LogP contribution >= 0.6 is 0 Å². The molecule has 1 saturated heterocycles. The van der Waals surface area contributed by atoms with Crippen molar-refractivity contribution < 1.29 is 4.79 Å². The first-order valence-corrected chi connectivity index (χ1v) is 8.57. The van der Waals surface area contributed by atoms with E-state index in [1.54, 1.807) is 0 Å². The number of ketones is 1. The Hall–Kier alpha value is -1.09. The summed E-state index contributed by atoms with van der Waals surface area (Å²) >= 11 is 0. The Bertz CT molecular complexity index is 477. The Balaban J connectivity index is 1.77. The van der Waals surface area contributed by atoms with Crippen LogP contribution in [0.3, 0.4) is 0 Å². The topological polar surface area (TPSA) is 34.0 Å². The van der Waals surface area contributed by atoms with E-state index in [4.69, 9.17) is 0 Å². The highest BCUT2D eigenvalue weighted by molar-refractivity contribution is 5.96. The molecule has 1 aliphatic carbocycles. The number of Topliss-reactive ketones (excluding diaryl/α,β-unsaturated/α-hetero) is 1. The highest BCUT2D eigenvalue weighted by Crippen LogP contribution is 2.35. The van der Waals surface area contributed by atoms with Crippen LogP contribution < -0.4 is 5.32 Å². The minimum absolute atomic E-state index is 0.235. The van der Waals surface area contributed by atoms with Gasteiger partial charge in [0.05, 0.1) is 5.69 Å². The maximum absolute atomic E-state index is 13.0.